The number of nitrogens with zero attached hydrogens (tertiary/aromatic N) is 5. The summed E-state index contributed by atoms with van der Waals surface area (Å²) in [7, 11) is 1.00. The largest absolute Gasteiger partial charge is 0.400 e. The number of rotatable bonds is 5. The number of benzene rings is 2. The number of hydrogen-bond donors (Lipinski definition) is 4. The average Bonchev–Trinajstić information content (AvgIpc) is 2.83. The van der Waals surface area contributed by atoms with E-state index in [-0.39, 0.29) is 22.1 Å². The lowest BCUT2D eigenvalue weighted by Gasteiger charge is -2.08. The Kier molecular flexibility index (Phi) is 10.7. The quantitative estimate of drug-likeness (QED) is 0.148. The molecule has 0 unspecified atom stereocenters. The van der Waals surface area contributed by atoms with E-state index in [0.29, 0.717) is 17.2 Å². The van der Waals surface area contributed by atoms with Crippen molar-refractivity contribution in [2.75, 3.05) is 23.5 Å². The van der Waals surface area contributed by atoms with Crippen molar-refractivity contribution in [2.24, 2.45) is 0 Å². The van der Waals surface area contributed by atoms with Crippen molar-refractivity contribution >= 4 is 57.6 Å². The van der Waals surface area contributed by atoms with E-state index in [4.69, 9.17) is 34.0 Å². The van der Waals surface area contributed by atoms with Crippen molar-refractivity contribution in [1.29, 1.82) is 0 Å². The van der Waals surface area contributed by atoms with Crippen LogP contribution in [0.3, 0.4) is 0 Å². The summed E-state index contributed by atoms with van der Waals surface area (Å²) in [5, 5.41) is 23.9. The van der Waals surface area contributed by atoms with Crippen LogP contribution in [0.15, 0.2) is 60.9 Å². The first kappa shape index (κ1) is 28.2. The van der Waals surface area contributed by atoms with Gasteiger partial charge in [-0.3, -0.25) is 10.1 Å². The molecule has 4 aromatic rings. The molecule has 0 aliphatic heterocycles. The fourth-order valence-corrected chi connectivity index (χ4v) is 3.03. The van der Waals surface area contributed by atoms with Crippen molar-refractivity contribution in [3.63, 3.8) is 0 Å². The molecule has 2 aromatic carbocycles. The SMILES string of the molecule is CO.Cc1cccc(Nc2nc(Cl)ncc2N)c1.Cc1cccc(Nc2nc(Cl)ncc2[N+](=O)[O-])c1. The van der Waals surface area contributed by atoms with Gasteiger partial charge in [-0.2, -0.15) is 9.97 Å². The maximum atomic E-state index is 10.8. The van der Waals surface area contributed by atoms with Gasteiger partial charge in [-0.05, 0) is 72.4 Å². The zero-order valence-corrected chi connectivity index (χ0v) is 21.1. The molecule has 11 nitrogen and oxygen atoms in total. The molecule has 188 valence electrons. The molecule has 5 N–H and O–H groups in total. The second-order valence-corrected chi connectivity index (χ2v) is 7.74. The van der Waals surface area contributed by atoms with Gasteiger partial charge < -0.3 is 21.5 Å². The van der Waals surface area contributed by atoms with E-state index in [1.165, 1.54) is 6.20 Å². The van der Waals surface area contributed by atoms with E-state index in [1.54, 1.807) is 6.07 Å². The Labute approximate surface area is 217 Å². The Bertz CT molecular complexity index is 1320. The van der Waals surface area contributed by atoms with Crippen molar-refractivity contribution in [2.45, 2.75) is 13.8 Å². The number of nitrogens with one attached hydrogen (secondary N) is 2. The van der Waals surface area contributed by atoms with E-state index in [9.17, 15) is 10.1 Å². The lowest BCUT2D eigenvalue weighted by Crippen LogP contribution is -2.01. The molecule has 0 aliphatic rings. The second-order valence-electron chi connectivity index (χ2n) is 7.06. The Morgan fingerprint density at radius 3 is 1.83 bits per heavy atom. The lowest BCUT2D eigenvalue weighted by atomic mass is 10.2. The Hall–Kier alpha value is -4.06. The molecule has 2 aromatic heterocycles. The molecule has 0 aliphatic carbocycles. The summed E-state index contributed by atoms with van der Waals surface area (Å²) in [6.07, 6.45) is 2.56. The number of aromatic nitrogens is 4. The topological polar surface area (TPSA) is 165 Å². The van der Waals surface area contributed by atoms with E-state index in [2.05, 4.69) is 30.6 Å². The molecule has 0 fully saturated rings. The standard InChI is InChI=1S/C11H9ClN4O2.C11H11ClN4.CH4O/c1-7-3-2-4-8(5-7)14-10-9(16(17)18)6-13-11(12)15-10;1-7-3-2-4-8(5-7)15-10-9(13)6-14-11(12)16-10;1-2/h2-6H,1H3,(H,13,14,15);2-6H,13H2,1H3,(H,14,15,16);2H,1H3. The number of halogens is 2. The summed E-state index contributed by atoms with van der Waals surface area (Å²) in [5.74, 6) is 0.594. The van der Waals surface area contributed by atoms with E-state index >= 15 is 0 Å². The number of aliphatic hydroxyl groups is 1. The highest BCUT2D eigenvalue weighted by molar-refractivity contribution is 6.28. The predicted molar refractivity (Wildman–Crippen MR) is 142 cm³/mol. The van der Waals surface area contributed by atoms with Gasteiger partial charge in [0, 0.05) is 18.5 Å². The Morgan fingerprint density at radius 1 is 0.861 bits per heavy atom. The van der Waals surface area contributed by atoms with Crippen LogP contribution in [0, 0.1) is 24.0 Å². The van der Waals surface area contributed by atoms with Gasteiger partial charge in [-0.15, -0.1) is 0 Å². The molecule has 36 heavy (non-hydrogen) atoms. The first-order valence-electron chi connectivity index (χ1n) is 10.3. The summed E-state index contributed by atoms with van der Waals surface area (Å²) in [6.45, 7) is 3.94. The number of aliphatic hydroxyl groups excluding tert-OH is 1. The van der Waals surface area contributed by atoms with Gasteiger partial charge in [0.25, 0.3) is 0 Å². The molecule has 0 amide bonds. The normalized spacial score (nSPS) is 9.72. The van der Waals surface area contributed by atoms with Crippen LogP contribution in [0.25, 0.3) is 0 Å². The van der Waals surface area contributed by atoms with E-state index < -0.39 is 4.92 Å². The minimum atomic E-state index is -0.561. The van der Waals surface area contributed by atoms with Crippen molar-refractivity contribution in [3.8, 4) is 0 Å². The number of nitro groups is 1. The van der Waals surface area contributed by atoms with Crippen LogP contribution in [0.1, 0.15) is 11.1 Å². The third-order valence-electron chi connectivity index (χ3n) is 4.29. The van der Waals surface area contributed by atoms with Crippen LogP contribution >= 0.6 is 23.2 Å². The molecular weight excluding hydrogens is 507 g/mol. The zero-order chi connectivity index (χ0) is 26.7. The van der Waals surface area contributed by atoms with E-state index in [0.717, 1.165) is 30.1 Å². The summed E-state index contributed by atoms with van der Waals surface area (Å²) >= 11 is 11.3. The van der Waals surface area contributed by atoms with Crippen LogP contribution in [-0.4, -0.2) is 37.1 Å². The predicted octanol–water partition coefficient (Wildman–Crippen LogP) is 5.46. The van der Waals surface area contributed by atoms with Gasteiger partial charge in [0.1, 0.15) is 6.20 Å². The van der Waals surface area contributed by atoms with Gasteiger partial charge in [0.15, 0.2) is 5.82 Å². The number of nitrogen functional groups attached to an aromatic ring is 1. The van der Waals surface area contributed by atoms with Gasteiger partial charge in [0.05, 0.1) is 16.8 Å². The molecule has 0 spiro atoms. The minimum Gasteiger partial charge on any atom is -0.400 e. The van der Waals surface area contributed by atoms with E-state index in [1.807, 2.05) is 56.3 Å². The summed E-state index contributed by atoms with van der Waals surface area (Å²) in [4.78, 5) is 25.5. The van der Waals surface area contributed by atoms with Crippen LogP contribution in [-0.2, 0) is 0 Å². The van der Waals surface area contributed by atoms with Crippen LogP contribution in [0.2, 0.25) is 10.6 Å². The molecule has 0 bridgehead atoms. The van der Waals surface area contributed by atoms with Crippen molar-refractivity contribution < 1.29 is 10.0 Å². The van der Waals surface area contributed by atoms with Gasteiger partial charge in [-0.1, -0.05) is 24.3 Å². The molecule has 0 saturated carbocycles. The number of hydrogen-bond acceptors (Lipinski definition) is 10. The average molecular weight is 531 g/mol. The second kappa shape index (κ2) is 13.7. The molecule has 2 heterocycles. The van der Waals surface area contributed by atoms with Crippen LogP contribution in [0.4, 0.5) is 34.4 Å². The number of anilines is 5. The Balaban J connectivity index is 0.000000239. The maximum absolute atomic E-state index is 10.8. The highest BCUT2D eigenvalue weighted by atomic mass is 35.5. The minimum absolute atomic E-state index is 0.0456. The molecule has 13 heteroatoms. The van der Waals surface area contributed by atoms with Crippen LogP contribution in [0.5, 0.6) is 0 Å². The highest BCUT2D eigenvalue weighted by Crippen LogP contribution is 2.26. The number of aryl methyl sites for hydroxylation is 2. The van der Waals surface area contributed by atoms with Gasteiger partial charge in [-0.25, -0.2) is 9.97 Å². The highest BCUT2D eigenvalue weighted by Gasteiger charge is 2.17. The Morgan fingerprint density at radius 2 is 1.33 bits per heavy atom. The fraction of sp³-hybridized carbons (Fsp3) is 0.130. The lowest BCUT2D eigenvalue weighted by molar-refractivity contribution is -0.384. The smallest absolute Gasteiger partial charge is 0.329 e. The third kappa shape index (κ3) is 8.62. The summed E-state index contributed by atoms with van der Waals surface area (Å²) < 4.78 is 0. The monoisotopic (exact) mass is 530 g/mol. The first-order valence-corrected chi connectivity index (χ1v) is 11.0. The summed E-state index contributed by atoms with van der Waals surface area (Å²) in [5.41, 5.74) is 9.78. The fourth-order valence-electron chi connectivity index (χ4n) is 2.77. The molecule has 4 rings (SSSR count). The van der Waals surface area contributed by atoms with Crippen molar-refractivity contribution in [1.82, 2.24) is 19.9 Å². The van der Waals surface area contributed by atoms with Gasteiger partial charge in [0.2, 0.25) is 16.4 Å². The molecular formula is C23H24Cl2N8O3. The van der Waals surface area contributed by atoms with Crippen molar-refractivity contribution in [3.05, 3.63) is 92.7 Å². The first-order chi connectivity index (χ1) is 17.2. The summed E-state index contributed by atoms with van der Waals surface area (Å²) in [6, 6.07) is 15.3. The maximum Gasteiger partial charge on any atom is 0.329 e. The number of nitrogens with two attached hydrogens (primary N) is 1. The molecule has 0 saturated heterocycles. The third-order valence-corrected chi connectivity index (χ3v) is 4.65. The molecule has 0 atom stereocenters. The van der Waals surface area contributed by atoms with Gasteiger partial charge >= 0.3 is 5.69 Å². The van der Waals surface area contributed by atoms with Crippen LogP contribution < -0.4 is 16.4 Å². The zero-order valence-electron chi connectivity index (χ0n) is 19.6. The molecule has 0 radical (unpaired) electrons.